The summed E-state index contributed by atoms with van der Waals surface area (Å²) in [5, 5.41) is 9.59. The summed E-state index contributed by atoms with van der Waals surface area (Å²) in [7, 11) is 2.10. The average molecular weight is 606 g/mol. The molecule has 5 rings (SSSR count). The van der Waals surface area contributed by atoms with Crippen LogP contribution in [0.5, 0.6) is 6.01 Å². The number of likely N-dealkylation sites (N-methyl/N-ethyl adjacent to an activating group) is 1. The lowest BCUT2D eigenvalue weighted by atomic mass is 10.0. The van der Waals surface area contributed by atoms with E-state index in [0.29, 0.717) is 45.2 Å². The molecule has 0 saturated carbocycles. The second-order valence-electron chi connectivity index (χ2n) is 12.7. The molecule has 0 bridgehead atoms. The van der Waals surface area contributed by atoms with Gasteiger partial charge in [-0.05, 0) is 59.2 Å². The van der Waals surface area contributed by atoms with Gasteiger partial charge >= 0.3 is 18.2 Å². The first-order valence-electron chi connectivity index (χ1n) is 15.4. The third-order valence-electron chi connectivity index (χ3n) is 8.30. The van der Waals surface area contributed by atoms with Gasteiger partial charge in [0.25, 0.3) is 0 Å². The molecule has 12 heteroatoms. The molecule has 44 heavy (non-hydrogen) atoms. The molecule has 2 saturated heterocycles. The van der Waals surface area contributed by atoms with E-state index in [-0.39, 0.29) is 31.6 Å². The molecule has 1 aromatic carbocycles. The minimum Gasteiger partial charge on any atom is -0.462 e. The second-order valence-corrected chi connectivity index (χ2v) is 12.7. The standard InChI is InChI=1S/C32H43N7O5/c1-32(2,3)44-31(41)39-18-17-37(19-24(39)12-14-33)28-26-13-16-38(30(40)43-21-23-9-6-5-7-10-23)20-27(26)34-29(35-28)42-22-25-11-8-15-36(25)4/h5-7,9-10,24-25H,8,11-13,15-22H2,1-4H3/t24-,25+/m0/s1. The normalized spacial score (nSPS) is 20.6. The molecule has 2 amide bonds. The number of ether oxygens (including phenoxy) is 3. The Kier molecular flexibility index (Phi) is 9.74. The van der Waals surface area contributed by atoms with E-state index in [4.69, 9.17) is 24.2 Å². The summed E-state index contributed by atoms with van der Waals surface area (Å²) in [6.45, 7) is 9.26. The molecule has 236 valence electrons. The number of rotatable bonds is 7. The molecule has 0 spiro atoms. The van der Waals surface area contributed by atoms with E-state index in [1.165, 1.54) is 0 Å². The minimum atomic E-state index is -0.634. The highest BCUT2D eigenvalue weighted by molar-refractivity contribution is 5.70. The SMILES string of the molecule is CN1CCC[C@@H]1COc1nc2c(c(N3CCN(C(=O)OC(C)(C)C)[C@@H](CC#N)C3)n1)CCN(C(=O)OCc1ccccc1)C2. The summed E-state index contributed by atoms with van der Waals surface area (Å²) in [4.78, 5) is 43.4. The number of hydrogen-bond donors (Lipinski definition) is 0. The molecule has 0 radical (unpaired) electrons. The first-order valence-corrected chi connectivity index (χ1v) is 15.4. The number of benzene rings is 1. The lowest BCUT2D eigenvalue weighted by molar-refractivity contribution is 0.0144. The number of nitrogens with zero attached hydrogens (tertiary/aromatic N) is 7. The van der Waals surface area contributed by atoms with Crippen LogP contribution in [-0.2, 0) is 29.0 Å². The van der Waals surface area contributed by atoms with Crippen LogP contribution in [0, 0.1) is 11.3 Å². The molecule has 0 unspecified atom stereocenters. The number of fused-ring (bicyclic) bond motifs is 1. The maximum absolute atomic E-state index is 13.0. The molecule has 0 N–H and O–H groups in total. The van der Waals surface area contributed by atoms with Crippen molar-refractivity contribution in [3.8, 4) is 12.1 Å². The van der Waals surface area contributed by atoms with E-state index in [1.807, 2.05) is 51.1 Å². The first kappa shape index (κ1) is 31.3. The number of carbonyl (C=O) groups is 2. The monoisotopic (exact) mass is 605 g/mol. The molecule has 4 heterocycles. The van der Waals surface area contributed by atoms with Crippen molar-refractivity contribution < 1.29 is 23.8 Å². The molecule has 2 aromatic rings. The Hall–Kier alpha value is -4.11. The maximum Gasteiger partial charge on any atom is 0.410 e. The van der Waals surface area contributed by atoms with Gasteiger partial charge in [0.15, 0.2) is 0 Å². The zero-order valence-corrected chi connectivity index (χ0v) is 26.2. The van der Waals surface area contributed by atoms with Crippen molar-refractivity contribution in [2.24, 2.45) is 0 Å². The molecule has 1 aromatic heterocycles. The summed E-state index contributed by atoms with van der Waals surface area (Å²) in [5.41, 5.74) is 1.96. The van der Waals surface area contributed by atoms with Crippen molar-refractivity contribution >= 4 is 18.0 Å². The van der Waals surface area contributed by atoms with Gasteiger partial charge in [0.1, 0.15) is 24.6 Å². The van der Waals surface area contributed by atoms with Crippen LogP contribution in [0.2, 0.25) is 0 Å². The number of nitriles is 1. The van der Waals surface area contributed by atoms with Crippen LogP contribution in [0.25, 0.3) is 0 Å². The number of piperazine rings is 1. The third-order valence-corrected chi connectivity index (χ3v) is 8.30. The van der Waals surface area contributed by atoms with E-state index >= 15 is 0 Å². The van der Waals surface area contributed by atoms with E-state index in [1.54, 1.807) is 9.80 Å². The van der Waals surface area contributed by atoms with Crippen molar-refractivity contribution in [1.82, 2.24) is 24.7 Å². The third kappa shape index (κ3) is 7.69. The molecule has 3 aliphatic rings. The van der Waals surface area contributed by atoms with Gasteiger partial charge in [-0.2, -0.15) is 15.2 Å². The molecular weight excluding hydrogens is 562 g/mol. The van der Waals surface area contributed by atoms with E-state index in [0.717, 1.165) is 42.0 Å². The minimum absolute atomic E-state index is 0.168. The van der Waals surface area contributed by atoms with Crippen LogP contribution in [-0.4, -0.2) is 101 Å². The predicted molar refractivity (Wildman–Crippen MR) is 163 cm³/mol. The number of hydrogen-bond acceptors (Lipinski definition) is 10. The average Bonchev–Trinajstić information content (AvgIpc) is 3.42. The van der Waals surface area contributed by atoms with Crippen LogP contribution in [0.4, 0.5) is 15.4 Å². The first-order chi connectivity index (χ1) is 21.1. The highest BCUT2D eigenvalue weighted by atomic mass is 16.6. The summed E-state index contributed by atoms with van der Waals surface area (Å²) in [6.07, 6.45) is 2.08. The Morgan fingerprint density at radius 1 is 1.05 bits per heavy atom. The topological polar surface area (TPSA) is 124 Å². The Labute approximate surface area is 259 Å². The van der Waals surface area contributed by atoms with Crippen molar-refractivity contribution in [1.29, 1.82) is 5.26 Å². The Balaban J connectivity index is 1.36. The number of likely N-dealkylation sites (tertiary alicyclic amines) is 1. The fourth-order valence-electron chi connectivity index (χ4n) is 5.93. The van der Waals surface area contributed by atoms with Crippen molar-refractivity contribution in [2.45, 2.75) is 77.3 Å². The number of carbonyl (C=O) groups excluding carboxylic acids is 2. The van der Waals surface area contributed by atoms with Crippen molar-refractivity contribution in [3.05, 3.63) is 47.2 Å². The van der Waals surface area contributed by atoms with Crippen LogP contribution in [0.1, 0.15) is 56.9 Å². The summed E-state index contributed by atoms with van der Waals surface area (Å²) in [6, 6.07) is 12.0. The largest absolute Gasteiger partial charge is 0.462 e. The predicted octanol–water partition coefficient (Wildman–Crippen LogP) is 3.98. The molecular formula is C32H43N7O5. The zero-order chi connectivity index (χ0) is 31.3. The van der Waals surface area contributed by atoms with Crippen LogP contribution in [0.3, 0.4) is 0 Å². The summed E-state index contributed by atoms with van der Waals surface area (Å²) >= 11 is 0. The Bertz CT molecular complexity index is 1360. The van der Waals surface area contributed by atoms with E-state index < -0.39 is 17.8 Å². The van der Waals surface area contributed by atoms with Crippen LogP contribution < -0.4 is 9.64 Å². The van der Waals surface area contributed by atoms with Gasteiger partial charge in [-0.15, -0.1) is 0 Å². The molecule has 2 fully saturated rings. The van der Waals surface area contributed by atoms with Crippen molar-refractivity contribution in [2.75, 3.05) is 51.3 Å². The Morgan fingerprint density at radius 2 is 1.84 bits per heavy atom. The second kappa shape index (κ2) is 13.7. The van der Waals surface area contributed by atoms with E-state index in [2.05, 4.69) is 22.9 Å². The highest BCUT2D eigenvalue weighted by Gasteiger charge is 2.36. The lowest BCUT2D eigenvalue weighted by Crippen LogP contribution is -2.56. The van der Waals surface area contributed by atoms with E-state index in [9.17, 15) is 14.9 Å². The Morgan fingerprint density at radius 3 is 2.55 bits per heavy atom. The van der Waals surface area contributed by atoms with Gasteiger partial charge in [0.05, 0.1) is 30.8 Å². The zero-order valence-electron chi connectivity index (χ0n) is 26.2. The van der Waals surface area contributed by atoms with Gasteiger partial charge in [-0.1, -0.05) is 30.3 Å². The smallest absolute Gasteiger partial charge is 0.410 e. The number of amides is 2. The van der Waals surface area contributed by atoms with Gasteiger partial charge in [0, 0.05) is 37.8 Å². The number of anilines is 1. The van der Waals surface area contributed by atoms with Gasteiger partial charge in [0.2, 0.25) is 0 Å². The molecule has 3 aliphatic heterocycles. The molecule has 0 aliphatic carbocycles. The summed E-state index contributed by atoms with van der Waals surface area (Å²) < 4.78 is 17.4. The fourth-order valence-corrected chi connectivity index (χ4v) is 5.93. The quantitative estimate of drug-likeness (QED) is 0.458. The highest BCUT2D eigenvalue weighted by Crippen LogP contribution is 2.31. The number of aromatic nitrogens is 2. The van der Waals surface area contributed by atoms with Crippen LogP contribution in [0.15, 0.2) is 30.3 Å². The summed E-state index contributed by atoms with van der Waals surface area (Å²) in [5.74, 6) is 0.730. The maximum atomic E-state index is 13.0. The van der Waals surface area contributed by atoms with Crippen molar-refractivity contribution in [3.63, 3.8) is 0 Å². The lowest BCUT2D eigenvalue weighted by Gasteiger charge is -2.42. The van der Waals surface area contributed by atoms with Gasteiger partial charge in [-0.25, -0.2) is 9.59 Å². The molecule has 2 atom stereocenters. The molecule has 12 nitrogen and oxygen atoms in total. The van der Waals surface area contributed by atoms with Crippen LogP contribution >= 0.6 is 0 Å². The van der Waals surface area contributed by atoms with Gasteiger partial charge < -0.3 is 33.8 Å². The van der Waals surface area contributed by atoms with Gasteiger partial charge in [-0.3, -0.25) is 0 Å². The fraction of sp³-hybridized carbons (Fsp3) is 0.594.